The summed E-state index contributed by atoms with van der Waals surface area (Å²) in [5, 5.41) is 0. The molecule has 0 aliphatic carbocycles. The Morgan fingerprint density at radius 3 is 2.47 bits per heavy atom. The van der Waals surface area contributed by atoms with E-state index in [9.17, 15) is 0 Å². The van der Waals surface area contributed by atoms with Crippen molar-refractivity contribution in [3.63, 3.8) is 0 Å². The largest absolute Gasteiger partial charge is 0.399 e. The van der Waals surface area contributed by atoms with Crippen molar-refractivity contribution >= 4 is 5.69 Å². The highest BCUT2D eigenvalue weighted by molar-refractivity contribution is 5.46. The highest BCUT2D eigenvalue weighted by Gasteiger charge is 2.19. The van der Waals surface area contributed by atoms with Gasteiger partial charge in [-0.3, -0.25) is 4.90 Å². The van der Waals surface area contributed by atoms with Gasteiger partial charge >= 0.3 is 0 Å². The van der Waals surface area contributed by atoms with E-state index in [2.05, 4.69) is 35.8 Å². The highest BCUT2D eigenvalue weighted by atomic mass is 15.3. The lowest BCUT2D eigenvalue weighted by molar-refractivity contribution is 0.101. The Bertz CT molecular complexity index is 383. The van der Waals surface area contributed by atoms with Gasteiger partial charge in [-0.15, -0.1) is 0 Å². The maximum atomic E-state index is 5.99. The molecule has 0 aromatic heterocycles. The first-order chi connectivity index (χ1) is 9.20. The van der Waals surface area contributed by atoms with Crippen LogP contribution in [0.25, 0.3) is 0 Å². The number of piperazine rings is 1. The van der Waals surface area contributed by atoms with E-state index in [1.165, 1.54) is 38.2 Å². The van der Waals surface area contributed by atoms with Crippen LogP contribution >= 0.6 is 0 Å². The molecule has 1 aromatic rings. The number of anilines is 1. The first-order valence-electron chi connectivity index (χ1n) is 7.50. The number of hydrogen-bond acceptors (Lipinski definition) is 3. The highest BCUT2D eigenvalue weighted by Crippen LogP contribution is 2.13. The predicted octanol–water partition coefficient (Wildman–Crippen LogP) is 2.23. The Kier molecular flexibility index (Phi) is 5.23. The average molecular weight is 261 g/mol. The predicted molar refractivity (Wildman–Crippen MR) is 82.3 cm³/mol. The topological polar surface area (TPSA) is 32.5 Å². The van der Waals surface area contributed by atoms with E-state index < -0.39 is 0 Å². The summed E-state index contributed by atoms with van der Waals surface area (Å²) in [6.07, 6.45) is 2.32. The number of nitrogen functional groups attached to an aromatic ring is 1. The molecule has 19 heavy (non-hydrogen) atoms. The van der Waals surface area contributed by atoms with Crippen LogP contribution < -0.4 is 5.73 Å². The van der Waals surface area contributed by atoms with Gasteiger partial charge < -0.3 is 10.6 Å². The zero-order valence-electron chi connectivity index (χ0n) is 12.3. The maximum absolute atomic E-state index is 5.99. The molecule has 0 amide bonds. The van der Waals surface area contributed by atoms with Crippen molar-refractivity contribution in [2.24, 2.45) is 0 Å². The lowest BCUT2D eigenvalue weighted by atomic mass is 10.1. The molecule has 1 atom stereocenters. The molecule has 1 aliphatic heterocycles. The van der Waals surface area contributed by atoms with Gasteiger partial charge in [0.15, 0.2) is 0 Å². The van der Waals surface area contributed by atoms with Gasteiger partial charge in [0.05, 0.1) is 0 Å². The number of benzene rings is 1. The molecule has 1 heterocycles. The minimum absolute atomic E-state index is 0.729. The molecule has 106 valence electrons. The first-order valence-corrected chi connectivity index (χ1v) is 7.50. The van der Waals surface area contributed by atoms with E-state index in [1.54, 1.807) is 0 Å². The lowest BCUT2D eigenvalue weighted by Gasteiger charge is -2.37. The molecule has 0 saturated carbocycles. The quantitative estimate of drug-likeness (QED) is 0.825. The summed E-state index contributed by atoms with van der Waals surface area (Å²) in [5.74, 6) is 0. The van der Waals surface area contributed by atoms with Crippen molar-refractivity contribution in [1.29, 1.82) is 0 Å². The van der Waals surface area contributed by atoms with Crippen molar-refractivity contribution in [2.45, 2.75) is 32.7 Å². The molecule has 1 saturated heterocycles. The molecule has 1 unspecified atom stereocenters. The van der Waals surface area contributed by atoms with Crippen molar-refractivity contribution in [1.82, 2.24) is 9.80 Å². The van der Waals surface area contributed by atoms with Gasteiger partial charge in [0.2, 0.25) is 0 Å². The number of nitrogens with two attached hydrogens (primary N) is 1. The van der Waals surface area contributed by atoms with E-state index in [0.29, 0.717) is 0 Å². The van der Waals surface area contributed by atoms with Crippen LogP contribution in [0.1, 0.15) is 25.8 Å². The van der Waals surface area contributed by atoms with Crippen molar-refractivity contribution in [3.8, 4) is 0 Å². The summed E-state index contributed by atoms with van der Waals surface area (Å²) in [6.45, 7) is 10.5. The van der Waals surface area contributed by atoms with Crippen LogP contribution in [-0.2, 0) is 6.42 Å². The lowest BCUT2D eigenvalue weighted by Crippen LogP contribution is -2.49. The van der Waals surface area contributed by atoms with Gasteiger partial charge in [0.1, 0.15) is 0 Å². The standard InChI is InChI=1S/C16H27N3/c1-3-14(2)19-12-10-18(11-13-19)9-8-15-6-4-5-7-16(15)17/h4-7,14H,3,8-13,17H2,1-2H3. The Balaban J connectivity index is 1.76. The number of para-hydroxylation sites is 1. The zero-order valence-corrected chi connectivity index (χ0v) is 12.3. The summed E-state index contributed by atoms with van der Waals surface area (Å²) in [5.41, 5.74) is 8.20. The van der Waals surface area contributed by atoms with Crippen LogP contribution in [0.2, 0.25) is 0 Å². The first kappa shape index (κ1) is 14.4. The van der Waals surface area contributed by atoms with Gasteiger partial charge in [-0.25, -0.2) is 0 Å². The van der Waals surface area contributed by atoms with Crippen LogP contribution in [0.4, 0.5) is 5.69 Å². The Labute approximate surface area is 117 Å². The van der Waals surface area contributed by atoms with Crippen molar-refractivity contribution < 1.29 is 0 Å². The van der Waals surface area contributed by atoms with E-state index in [1.807, 2.05) is 12.1 Å². The number of nitrogens with zero attached hydrogens (tertiary/aromatic N) is 2. The van der Waals surface area contributed by atoms with Crippen LogP contribution in [0.5, 0.6) is 0 Å². The molecule has 1 fully saturated rings. The Hall–Kier alpha value is -1.06. The van der Waals surface area contributed by atoms with Crippen molar-refractivity contribution in [3.05, 3.63) is 29.8 Å². The summed E-state index contributed by atoms with van der Waals surface area (Å²) in [6, 6.07) is 8.95. The van der Waals surface area contributed by atoms with E-state index in [4.69, 9.17) is 5.73 Å². The van der Waals surface area contributed by atoms with Gasteiger partial charge in [0, 0.05) is 44.5 Å². The third-order valence-corrected chi connectivity index (χ3v) is 4.37. The van der Waals surface area contributed by atoms with E-state index in [0.717, 1.165) is 24.7 Å². The molecular formula is C16H27N3. The van der Waals surface area contributed by atoms with Crippen LogP contribution in [0.3, 0.4) is 0 Å². The van der Waals surface area contributed by atoms with Crippen LogP contribution in [-0.4, -0.2) is 48.6 Å². The Morgan fingerprint density at radius 2 is 1.84 bits per heavy atom. The second-order valence-electron chi connectivity index (χ2n) is 5.58. The fraction of sp³-hybridized carbons (Fsp3) is 0.625. The Morgan fingerprint density at radius 1 is 1.16 bits per heavy atom. The third-order valence-electron chi connectivity index (χ3n) is 4.37. The molecule has 0 radical (unpaired) electrons. The smallest absolute Gasteiger partial charge is 0.0347 e. The van der Waals surface area contributed by atoms with E-state index >= 15 is 0 Å². The normalized spacial score (nSPS) is 19.5. The monoisotopic (exact) mass is 261 g/mol. The molecule has 0 spiro atoms. The summed E-state index contributed by atoms with van der Waals surface area (Å²) in [7, 11) is 0. The second-order valence-corrected chi connectivity index (χ2v) is 5.58. The molecule has 2 N–H and O–H groups in total. The summed E-state index contributed by atoms with van der Waals surface area (Å²) < 4.78 is 0. The fourth-order valence-corrected chi connectivity index (χ4v) is 2.73. The molecule has 1 aliphatic rings. The minimum Gasteiger partial charge on any atom is -0.399 e. The molecule has 0 bridgehead atoms. The van der Waals surface area contributed by atoms with Crippen LogP contribution in [0.15, 0.2) is 24.3 Å². The summed E-state index contributed by atoms with van der Waals surface area (Å²) >= 11 is 0. The molecule has 1 aromatic carbocycles. The SMILES string of the molecule is CCC(C)N1CCN(CCc2ccccc2N)CC1. The van der Waals surface area contributed by atoms with Gasteiger partial charge in [-0.1, -0.05) is 25.1 Å². The fourth-order valence-electron chi connectivity index (χ4n) is 2.73. The van der Waals surface area contributed by atoms with Gasteiger partial charge in [-0.2, -0.15) is 0 Å². The third kappa shape index (κ3) is 3.95. The molecule has 3 heteroatoms. The summed E-state index contributed by atoms with van der Waals surface area (Å²) in [4.78, 5) is 5.17. The number of rotatable bonds is 5. The van der Waals surface area contributed by atoms with Gasteiger partial charge in [-0.05, 0) is 31.4 Å². The molecule has 3 nitrogen and oxygen atoms in total. The second kappa shape index (κ2) is 6.92. The van der Waals surface area contributed by atoms with Gasteiger partial charge in [0.25, 0.3) is 0 Å². The van der Waals surface area contributed by atoms with Crippen molar-refractivity contribution in [2.75, 3.05) is 38.5 Å². The van der Waals surface area contributed by atoms with Crippen LogP contribution in [0, 0.1) is 0 Å². The molecular weight excluding hydrogens is 234 g/mol. The van der Waals surface area contributed by atoms with E-state index in [-0.39, 0.29) is 0 Å². The average Bonchev–Trinajstić information content (AvgIpc) is 2.46. The minimum atomic E-state index is 0.729. The maximum Gasteiger partial charge on any atom is 0.0347 e. The zero-order chi connectivity index (χ0) is 13.7. The number of hydrogen-bond donors (Lipinski definition) is 1. The molecule has 2 rings (SSSR count).